The van der Waals surface area contributed by atoms with Crippen LogP contribution in [0.5, 0.6) is 0 Å². The lowest BCUT2D eigenvalue weighted by Crippen LogP contribution is -2.32. The topological polar surface area (TPSA) is 58.6 Å². The minimum absolute atomic E-state index is 0.112. The standard InChI is InChI=1S/C12H13ClN2O3/c1-18-14-12(17)8-6-11(16)15(7-8)10-5-3-2-4-9(10)13/h2-5,8H,6-7H2,1H3,(H,14,17)/t8-/m0/s1. The van der Waals surface area contributed by atoms with E-state index in [0.717, 1.165) is 0 Å². The summed E-state index contributed by atoms with van der Waals surface area (Å²) >= 11 is 6.04. The number of carbonyl (C=O) groups is 2. The van der Waals surface area contributed by atoms with Crippen molar-refractivity contribution in [2.24, 2.45) is 5.92 Å². The number of nitrogens with zero attached hydrogens (tertiary/aromatic N) is 1. The fourth-order valence-electron chi connectivity index (χ4n) is 1.97. The quantitative estimate of drug-likeness (QED) is 0.843. The number of hydrogen-bond acceptors (Lipinski definition) is 3. The summed E-state index contributed by atoms with van der Waals surface area (Å²) in [6.45, 7) is 0.317. The monoisotopic (exact) mass is 268 g/mol. The highest BCUT2D eigenvalue weighted by Gasteiger charge is 2.35. The zero-order valence-corrected chi connectivity index (χ0v) is 10.6. The van der Waals surface area contributed by atoms with Crippen LogP contribution in [0.25, 0.3) is 0 Å². The van der Waals surface area contributed by atoms with Gasteiger partial charge in [0, 0.05) is 13.0 Å². The van der Waals surface area contributed by atoms with E-state index in [0.29, 0.717) is 17.3 Å². The lowest BCUT2D eigenvalue weighted by atomic mass is 10.1. The molecule has 1 heterocycles. The lowest BCUT2D eigenvalue weighted by Gasteiger charge is -2.17. The molecule has 18 heavy (non-hydrogen) atoms. The molecule has 1 aliphatic rings. The van der Waals surface area contributed by atoms with Gasteiger partial charge in [-0.25, -0.2) is 5.48 Å². The Bertz CT molecular complexity index is 478. The molecule has 5 nitrogen and oxygen atoms in total. The van der Waals surface area contributed by atoms with Crippen LogP contribution < -0.4 is 10.4 Å². The number of hydroxylamine groups is 1. The van der Waals surface area contributed by atoms with Crippen molar-refractivity contribution in [3.05, 3.63) is 29.3 Å². The summed E-state index contributed by atoms with van der Waals surface area (Å²) in [7, 11) is 1.36. The molecule has 0 unspecified atom stereocenters. The average molecular weight is 269 g/mol. The second kappa shape index (κ2) is 5.37. The van der Waals surface area contributed by atoms with Crippen LogP contribution >= 0.6 is 11.6 Å². The molecule has 6 heteroatoms. The van der Waals surface area contributed by atoms with Crippen molar-refractivity contribution in [2.45, 2.75) is 6.42 Å². The fraction of sp³-hybridized carbons (Fsp3) is 0.333. The van der Waals surface area contributed by atoms with Gasteiger partial charge in [0.25, 0.3) is 0 Å². The highest BCUT2D eigenvalue weighted by Crippen LogP contribution is 2.30. The Morgan fingerprint density at radius 3 is 2.89 bits per heavy atom. The zero-order valence-electron chi connectivity index (χ0n) is 9.85. The summed E-state index contributed by atoms with van der Waals surface area (Å²) < 4.78 is 0. The molecule has 0 saturated carbocycles. The summed E-state index contributed by atoms with van der Waals surface area (Å²) in [6.07, 6.45) is 0.167. The van der Waals surface area contributed by atoms with Crippen LogP contribution in [-0.4, -0.2) is 25.5 Å². The summed E-state index contributed by atoms with van der Waals surface area (Å²) in [5, 5.41) is 0.499. The molecule has 1 aromatic carbocycles. The van der Waals surface area contributed by atoms with Gasteiger partial charge in [0.2, 0.25) is 11.8 Å². The third-order valence-corrected chi connectivity index (χ3v) is 3.16. The van der Waals surface area contributed by atoms with E-state index in [1.54, 1.807) is 24.3 Å². The van der Waals surface area contributed by atoms with E-state index in [2.05, 4.69) is 10.3 Å². The van der Waals surface area contributed by atoms with Gasteiger partial charge in [0.1, 0.15) is 0 Å². The number of benzene rings is 1. The summed E-state index contributed by atoms with van der Waals surface area (Å²) in [5.74, 6) is -0.812. The summed E-state index contributed by atoms with van der Waals surface area (Å²) in [4.78, 5) is 29.6. The number of halogens is 1. The molecule has 0 aromatic heterocycles. The van der Waals surface area contributed by atoms with Crippen LogP contribution in [0.15, 0.2) is 24.3 Å². The SMILES string of the molecule is CONC(=O)[C@H]1CC(=O)N(c2ccccc2Cl)C1. The molecule has 2 rings (SSSR count). The number of hydrogen-bond donors (Lipinski definition) is 1. The van der Waals surface area contributed by atoms with Gasteiger partial charge in [-0.2, -0.15) is 0 Å². The predicted molar refractivity (Wildman–Crippen MR) is 67.1 cm³/mol. The van der Waals surface area contributed by atoms with Crippen molar-refractivity contribution in [2.75, 3.05) is 18.6 Å². The van der Waals surface area contributed by atoms with E-state index in [9.17, 15) is 9.59 Å². The molecule has 0 aliphatic carbocycles. The van der Waals surface area contributed by atoms with Crippen LogP contribution in [0.1, 0.15) is 6.42 Å². The molecule has 1 aromatic rings. The Morgan fingerprint density at radius 2 is 2.22 bits per heavy atom. The number of nitrogens with one attached hydrogen (secondary N) is 1. The molecule has 1 fully saturated rings. The second-order valence-electron chi connectivity index (χ2n) is 4.03. The maximum Gasteiger partial charge on any atom is 0.248 e. The third-order valence-electron chi connectivity index (χ3n) is 2.84. The van der Waals surface area contributed by atoms with Gasteiger partial charge in [0.05, 0.1) is 23.7 Å². The van der Waals surface area contributed by atoms with Gasteiger partial charge >= 0.3 is 0 Å². The van der Waals surface area contributed by atoms with Crippen LogP contribution in [0.2, 0.25) is 5.02 Å². The highest BCUT2D eigenvalue weighted by molar-refractivity contribution is 6.33. The molecular formula is C12H13ClN2O3. The summed E-state index contributed by atoms with van der Waals surface area (Å²) in [5.41, 5.74) is 2.88. The van der Waals surface area contributed by atoms with E-state index in [1.807, 2.05) is 0 Å². The maximum absolute atomic E-state index is 11.9. The van der Waals surface area contributed by atoms with E-state index < -0.39 is 5.92 Å². The van der Waals surface area contributed by atoms with Crippen molar-refractivity contribution in [3.63, 3.8) is 0 Å². The first-order valence-electron chi connectivity index (χ1n) is 5.51. The van der Waals surface area contributed by atoms with Crippen molar-refractivity contribution in [3.8, 4) is 0 Å². The molecule has 96 valence electrons. The molecule has 1 atom stereocenters. The van der Waals surface area contributed by atoms with Gasteiger partial charge in [-0.05, 0) is 12.1 Å². The summed E-state index contributed by atoms with van der Waals surface area (Å²) in [6, 6.07) is 7.07. The Kier molecular flexibility index (Phi) is 3.84. The largest absolute Gasteiger partial charge is 0.310 e. The smallest absolute Gasteiger partial charge is 0.248 e. The Hall–Kier alpha value is -1.59. The average Bonchev–Trinajstić information content (AvgIpc) is 2.72. The van der Waals surface area contributed by atoms with Crippen LogP contribution in [0.4, 0.5) is 5.69 Å². The van der Waals surface area contributed by atoms with Gasteiger partial charge in [-0.3, -0.25) is 14.4 Å². The highest BCUT2D eigenvalue weighted by atomic mass is 35.5. The van der Waals surface area contributed by atoms with Crippen molar-refractivity contribution < 1.29 is 14.4 Å². The number of amides is 2. The van der Waals surface area contributed by atoms with Crippen molar-refractivity contribution >= 4 is 29.1 Å². The first-order chi connectivity index (χ1) is 8.63. The molecular weight excluding hydrogens is 256 g/mol. The van der Waals surface area contributed by atoms with Gasteiger partial charge in [-0.1, -0.05) is 23.7 Å². The Labute approximate surface area is 110 Å². The lowest BCUT2D eigenvalue weighted by molar-refractivity contribution is -0.135. The molecule has 2 amide bonds. The predicted octanol–water partition coefficient (Wildman–Crippen LogP) is 1.37. The first-order valence-corrected chi connectivity index (χ1v) is 5.89. The maximum atomic E-state index is 11.9. The van der Waals surface area contributed by atoms with Crippen LogP contribution in [-0.2, 0) is 14.4 Å². The van der Waals surface area contributed by atoms with E-state index in [1.165, 1.54) is 12.0 Å². The van der Waals surface area contributed by atoms with Crippen molar-refractivity contribution in [1.29, 1.82) is 0 Å². The minimum Gasteiger partial charge on any atom is -0.310 e. The third kappa shape index (κ3) is 2.47. The number of anilines is 1. The minimum atomic E-state index is -0.409. The fourth-order valence-corrected chi connectivity index (χ4v) is 2.21. The Balaban J connectivity index is 2.15. The zero-order chi connectivity index (χ0) is 13.1. The number of carbonyl (C=O) groups excluding carboxylic acids is 2. The molecule has 1 aliphatic heterocycles. The van der Waals surface area contributed by atoms with E-state index in [-0.39, 0.29) is 18.2 Å². The molecule has 1 saturated heterocycles. The van der Waals surface area contributed by atoms with Crippen LogP contribution in [0, 0.1) is 5.92 Å². The molecule has 1 N–H and O–H groups in total. The van der Waals surface area contributed by atoms with Gasteiger partial charge < -0.3 is 4.90 Å². The first kappa shape index (κ1) is 12.9. The number of para-hydroxylation sites is 1. The molecule has 0 spiro atoms. The van der Waals surface area contributed by atoms with Crippen LogP contribution in [0.3, 0.4) is 0 Å². The Morgan fingerprint density at radius 1 is 1.50 bits per heavy atom. The molecule has 0 radical (unpaired) electrons. The normalized spacial score (nSPS) is 19.1. The molecule has 0 bridgehead atoms. The second-order valence-corrected chi connectivity index (χ2v) is 4.43. The van der Waals surface area contributed by atoms with E-state index in [4.69, 9.17) is 11.6 Å². The van der Waals surface area contributed by atoms with E-state index >= 15 is 0 Å². The number of rotatable bonds is 3. The van der Waals surface area contributed by atoms with Gasteiger partial charge in [0.15, 0.2) is 0 Å². The van der Waals surface area contributed by atoms with Crippen molar-refractivity contribution in [1.82, 2.24) is 5.48 Å². The van der Waals surface area contributed by atoms with Gasteiger partial charge in [-0.15, -0.1) is 0 Å².